The van der Waals surface area contributed by atoms with Crippen LogP contribution in [0.3, 0.4) is 0 Å². The Morgan fingerprint density at radius 1 is 1.53 bits per heavy atom. The molecule has 0 fully saturated rings. The Morgan fingerprint density at radius 3 is 2.76 bits per heavy atom. The molecule has 1 heterocycles. The molecule has 0 aliphatic rings. The number of amides is 1. The Balaban J connectivity index is 2.75. The standard InChI is InChI=1S/C12H18N2O3/c1-3-10(6-7-15)13-12(17)9-4-5-11(16)14(2)8-9/h4-5,8,10,15H,3,6-7H2,1-2H3,(H,13,17). The third-order valence-electron chi connectivity index (χ3n) is 2.65. The highest BCUT2D eigenvalue weighted by molar-refractivity contribution is 5.94. The van der Waals surface area contributed by atoms with Gasteiger partial charge in [-0.1, -0.05) is 6.92 Å². The van der Waals surface area contributed by atoms with Gasteiger partial charge >= 0.3 is 0 Å². The lowest BCUT2D eigenvalue weighted by molar-refractivity contribution is 0.0928. The summed E-state index contributed by atoms with van der Waals surface area (Å²) in [6.07, 6.45) is 2.80. The van der Waals surface area contributed by atoms with Crippen molar-refractivity contribution in [2.24, 2.45) is 7.05 Å². The van der Waals surface area contributed by atoms with E-state index in [0.717, 1.165) is 6.42 Å². The maximum absolute atomic E-state index is 11.8. The number of carbonyl (C=O) groups is 1. The summed E-state index contributed by atoms with van der Waals surface area (Å²) in [4.78, 5) is 23.0. The Hall–Kier alpha value is -1.62. The quantitative estimate of drug-likeness (QED) is 0.773. The molecule has 17 heavy (non-hydrogen) atoms. The molecule has 0 aliphatic carbocycles. The highest BCUT2D eigenvalue weighted by Gasteiger charge is 2.12. The van der Waals surface area contributed by atoms with Gasteiger partial charge in [0.25, 0.3) is 5.91 Å². The number of aryl methyl sites for hydroxylation is 1. The Bertz CT molecular complexity index is 440. The molecule has 5 nitrogen and oxygen atoms in total. The van der Waals surface area contributed by atoms with Crippen LogP contribution in [0.4, 0.5) is 0 Å². The van der Waals surface area contributed by atoms with E-state index >= 15 is 0 Å². The Morgan fingerprint density at radius 2 is 2.24 bits per heavy atom. The van der Waals surface area contributed by atoms with E-state index in [4.69, 9.17) is 5.11 Å². The molecule has 0 radical (unpaired) electrons. The summed E-state index contributed by atoms with van der Waals surface area (Å²) in [5, 5.41) is 11.7. The minimum atomic E-state index is -0.221. The molecule has 1 aromatic heterocycles. The fourth-order valence-corrected chi connectivity index (χ4v) is 1.53. The van der Waals surface area contributed by atoms with Crippen LogP contribution in [0, 0.1) is 0 Å². The van der Waals surface area contributed by atoms with Crippen LogP contribution in [-0.2, 0) is 7.05 Å². The van der Waals surface area contributed by atoms with Crippen molar-refractivity contribution in [3.63, 3.8) is 0 Å². The number of hydrogen-bond donors (Lipinski definition) is 2. The van der Waals surface area contributed by atoms with Gasteiger partial charge < -0.3 is 15.0 Å². The summed E-state index contributed by atoms with van der Waals surface area (Å²) in [5.74, 6) is -0.221. The number of nitrogens with zero attached hydrogens (tertiary/aromatic N) is 1. The predicted molar refractivity (Wildman–Crippen MR) is 64.9 cm³/mol. The molecular formula is C12H18N2O3. The lowest BCUT2D eigenvalue weighted by Crippen LogP contribution is -2.35. The largest absolute Gasteiger partial charge is 0.396 e. The van der Waals surface area contributed by atoms with Crippen molar-refractivity contribution >= 4 is 5.91 Å². The summed E-state index contributed by atoms with van der Waals surface area (Å²) < 4.78 is 1.36. The van der Waals surface area contributed by atoms with Crippen molar-refractivity contribution in [1.29, 1.82) is 0 Å². The van der Waals surface area contributed by atoms with Crippen molar-refractivity contribution in [1.82, 2.24) is 9.88 Å². The number of aliphatic hydroxyl groups is 1. The van der Waals surface area contributed by atoms with Gasteiger partial charge in [0, 0.05) is 32.0 Å². The molecule has 5 heteroatoms. The molecule has 94 valence electrons. The molecule has 2 N–H and O–H groups in total. The van der Waals surface area contributed by atoms with E-state index in [1.807, 2.05) is 6.92 Å². The summed E-state index contributed by atoms with van der Waals surface area (Å²) in [7, 11) is 1.60. The van der Waals surface area contributed by atoms with Gasteiger partial charge in [0.1, 0.15) is 0 Å². The van der Waals surface area contributed by atoms with Gasteiger partial charge in [-0.15, -0.1) is 0 Å². The smallest absolute Gasteiger partial charge is 0.252 e. The van der Waals surface area contributed by atoms with Crippen LogP contribution in [0.2, 0.25) is 0 Å². The van der Waals surface area contributed by atoms with E-state index < -0.39 is 0 Å². The Labute approximate surface area is 100 Å². The van der Waals surface area contributed by atoms with Crippen LogP contribution in [0.25, 0.3) is 0 Å². The van der Waals surface area contributed by atoms with E-state index in [1.165, 1.54) is 22.9 Å². The third-order valence-corrected chi connectivity index (χ3v) is 2.65. The highest BCUT2D eigenvalue weighted by atomic mass is 16.3. The van der Waals surface area contributed by atoms with Crippen LogP contribution < -0.4 is 10.9 Å². The van der Waals surface area contributed by atoms with Gasteiger partial charge in [0.15, 0.2) is 0 Å². The molecule has 0 aromatic carbocycles. The first-order chi connectivity index (χ1) is 8.08. The lowest BCUT2D eigenvalue weighted by Gasteiger charge is -2.15. The van der Waals surface area contributed by atoms with Crippen molar-refractivity contribution in [3.05, 3.63) is 34.2 Å². The van der Waals surface area contributed by atoms with Gasteiger partial charge in [0.2, 0.25) is 5.56 Å². The summed E-state index contributed by atoms with van der Waals surface area (Å²) in [6, 6.07) is 2.83. The molecule has 0 spiro atoms. The fraction of sp³-hybridized carbons (Fsp3) is 0.500. The van der Waals surface area contributed by atoms with Crippen LogP contribution >= 0.6 is 0 Å². The molecule has 0 bridgehead atoms. The van der Waals surface area contributed by atoms with Gasteiger partial charge in [-0.3, -0.25) is 9.59 Å². The second kappa shape index (κ2) is 6.20. The number of hydrogen-bond acceptors (Lipinski definition) is 3. The van der Waals surface area contributed by atoms with Crippen molar-refractivity contribution < 1.29 is 9.90 Å². The average molecular weight is 238 g/mol. The van der Waals surface area contributed by atoms with E-state index in [-0.39, 0.29) is 24.1 Å². The molecular weight excluding hydrogens is 220 g/mol. The number of aromatic nitrogens is 1. The minimum absolute atomic E-state index is 0.0373. The maximum Gasteiger partial charge on any atom is 0.252 e. The minimum Gasteiger partial charge on any atom is -0.396 e. The van der Waals surface area contributed by atoms with E-state index in [9.17, 15) is 9.59 Å². The van der Waals surface area contributed by atoms with Crippen LogP contribution in [0.1, 0.15) is 30.1 Å². The normalized spacial score (nSPS) is 12.2. The SMILES string of the molecule is CCC(CCO)NC(=O)c1ccc(=O)n(C)c1. The zero-order chi connectivity index (χ0) is 12.8. The monoisotopic (exact) mass is 238 g/mol. The van der Waals surface area contributed by atoms with Crippen molar-refractivity contribution in [3.8, 4) is 0 Å². The molecule has 0 aliphatic heterocycles. The van der Waals surface area contributed by atoms with Crippen molar-refractivity contribution in [2.75, 3.05) is 6.61 Å². The molecule has 0 saturated carbocycles. The molecule has 1 rings (SSSR count). The lowest BCUT2D eigenvalue weighted by atomic mass is 10.1. The predicted octanol–water partition coefficient (Wildman–Crippen LogP) is 0.276. The molecule has 1 aromatic rings. The van der Waals surface area contributed by atoms with Gasteiger partial charge in [0.05, 0.1) is 5.56 Å². The molecule has 1 unspecified atom stereocenters. The first kappa shape index (κ1) is 13.4. The van der Waals surface area contributed by atoms with Crippen LogP contribution in [0.15, 0.2) is 23.1 Å². The number of pyridine rings is 1. The van der Waals surface area contributed by atoms with Gasteiger partial charge in [-0.25, -0.2) is 0 Å². The second-order valence-electron chi connectivity index (χ2n) is 3.96. The number of aliphatic hydroxyl groups excluding tert-OH is 1. The van der Waals surface area contributed by atoms with E-state index in [0.29, 0.717) is 12.0 Å². The second-order valence-corrected chi connectivity index (χ2v) is 3.96. The number of nitrogens with one attached hydrogen (secondary N) is 1. The number of carbonyl (C=O) groups excluding carboxylic acids is 1. The van der Waals surface area contributed by atoms with Gasteiger partial charge in [-0.2, -0.15) is 0 Å². The number of rotatable bonds is 5. The summed E-state index contributed by atoms with van der Waals surface area (Å²) >= 11 is 0. The Kier molecular flexibility index (Phi) is 4.90. The average Bonchev–Trinajstić information content (AvgIpc) is 2.31. The summed E-state index contributed by atoms with van der Waals surface area (Å²) in [6.45, 7) is 1.99. The summed E-state index contributed by atoms with van der Waals surface area (Å²) in [5.41, 5.74) is 0.299. The van der Waals surface area contributed by atoms with E-state index in [2.05, 4.69) is 5.32 Å². The molecule has 0 saturated heterocycles. The van der Waals surface area contributed by atoms with Crippen LogP contribution in [-0.4, -0.2) is 28.2 Å². The fourth-order valence-electron chi connectivity index (χ4n) is 1.53. The topological polar surface area (TPSA) is 71.3 Å². The zero-order valence-corrected chi connectivity index (χ0v) is 10.1. The molecule has 1 atom stereocenters. The molecule has 1 amide bonds. The maximum atomic E-state index is 11.8. The first-order valence-electron chi connectivity index (χ1n) is 5.67. The van der Waals surface area contributed by atoms with Crippen molar-refractivity contribution in [2.45, 2.75) is 25.8 Å². The third kappa shape index (κ3) is 3.71. The zero-order valence-electron chi connectivity index (χ0n) is 10.1. The highest BCUT2D eigenvalue weighted by Crippen LogP contribution is 2.01. The first-order valence-corrected chi connectivity index (χ1v) is 5.67. The van der Waals surface area contributed by atoms with Crippen LogP contribution in [0.5, 0.6) is 0 Å². The van der Waals surface area contributed by atoms with Gasteiger partial charge in [-0.05, 0) is 18.9 Å². The van der Waals surface area contributed by atoms with E-state index in [1.54, 1.807) is 7.05 Å².